The van der Waals surface area contributed by atoms with Crippen LogP contribution in [0.3, 0.4) is 0 Å². The summed E-state index contributed by atoms with van der Waals surface area (Å²) in [4.78, 5) is 11.4. The number of hydrogen-bond acceptors (Lipinski definition) is 3. The molecule has 0 heterocycles. The van der Waals surface area contributed by atoms with Crippen molar-refractivity contribution in [2.45, 2.75) is 0 Å². The van der Waals surface area contributed by atoms with E-state index in [0.717, 1.165) is 6.26 Å². The topological polar surface area (TPSA) is 51.2 Å². The molecule has 0 aromatic heterocycles. The Balaban J connectivity index is 3.08. The quantitative estimate of drug-likeness (QED) is 0.768. The highest BCUT2D eigenvalue weighted by atomic mass is 35.5. The molecule has 6 heteroatoms. The second-order valence-corrected chi connectivity index (χ2v) is 5.64. The Labute approximate surface area is 91.8 Å². The van der Waals surface area contributed by atoms with Gasteiger partial charge in [0.1, 0.15) is 5.75 Å². The van der Waals surface area contributed by atoms with E-state index in [9.17, 15) is 17.6 Å². The van der Waals surface area contributed by atoms with Gasteiger partial charge in [-0.05, 0) is 12.1 Å². The first-order chi connectivity index (χ1) is 6.81. The molecule has 0 atom stereocenters. The molecule has 1 aromatic carbocycles. The van der Waals surface area contributed by atoms with Crippen molar-refractivity contribution in [1.82, 2.24) is 0 Å². The maximum absolute atomic E-state index is 13.3. The van der Waals surface area contributed by atoms with Gasteiger partial charge in [0.2, 0.25) is 0 Å². The standard InChI is InChI=1S/C9H8ClFO3S/c1-15(13,14)5-8(12)6-3-2-4-7(10)9(6)11/h2-4H,5H2,1H3. The summed E-state index contributed by atoms with van der Waals surface area (Å²) in [6, 6.07) is 3.88. The molecule has 15 heavy (non-hydrogen) atoms. The van der Waals surface area contributed by atoms with E-state index in [0.29, 0.717) is 0 Å². The molecule has 0 unspecified atom stereocenters. The van der Waals surface area contributed by atoms with Crippen molar-refractivity contribution in [2.24, 2.45) is 0 Å². The minimum Gasteiger partial charge on any atom is -0.293 e. The highest BCUT2D eigenvalue weighted by Gasteiger charge is 2.18. The smallest absolute Gasteiger partial charge is 0.180 e. The summed E-state index contributed by atoms with van der Waals surface area (Å²) >= 11 is 5.45. The lowest BCUT2D eigenvalue weighted by Gasteiger charge is -2.02. The van der Waals surface area contributed by atoms with Crippen molar-refractivity contribution in [2.75, 3.05) is 12.0 Å². The molecule has 0 fully saturated rings. The Morgan fingerprint density at radius 3 is 2.60 bits per heavy atom. The second kappa shape index (κ2) is 4.28. The van der Waals surface area contributed by atoms with Gasteiger partial charge in [0.15, 0.2) is 21.4 Å². The maximum Gasteiger partial charge on any atom is 0.180 e. The third kappa shape index (κ3) is 3.28. The van der Waals surface area contributed by atoms with Crippen LogP contribution in [0.25, 0.3) is 0 Å². The Kier molecular flexibility index (Phi) is 3.46. The third-order valence-electron chi connectivity index (χ3n) is 1.65. The zero-order chi connectivity index (χ0) is 11.6. The number of hydrogen-bond donors (Lipinski definition) is 0. The molecule has 1 rings (SSSR count). The van der Waals surface area contributed by atoms with Gasteiger partial charge in [-0.25, -0.2) is 12.8 Å². The van der Waals surface area contributed by atoms with Crippen LogP contribution in [0.1, 0.15) is 10.4 Å². The van der Waals surface area contributed by atoms with E-state index in [1.54, 1.807) is 0 Å². The fourth-order valence-electron chi connectivity index (χ4n) is 1.04. The van der Waals surface area contributed by atoms with Gasteiger partial charge < -0.3 is 0 Å². The molecular formula is C9H8ClFO3S. The van der Waals surface area contributed by atoms with Gasteiger partial charge in [-0.1, -0.05) is 17.7 Å². The van der Waals surface area contributed by atoms with Gasteiger partial charge in [-0.2, -0.15) is 0 Å². The number of rotatable bonds is 3. The number of benzene rings is 1. The van der Waals surface area contributed by atoms with E-state index in [2.05, 4.69) is 0 Å². The Bertz CT molecular complexity index is 496. The van der Waals surface area contributed by atoms with Crippen LogP contribution in [0.5, 0.6) is 0 Å². The van der Waals surface area contributed by atoms with Crippen LogP contribution in [0.15, 0.2) is 18.2 Å². The summed E-state index contributed by atoms with van der Waals surface area (Å²) in [5.74, 6) is -2.39. The van der Waals surface area contributed by atoms with Gasteiger partial charge in [-0.3, -0.25) is 4.79 Å². The van der Waals surface area contributed by atoms with Crippen LogP contribution < -0.4 is 0 Å². The minimum atomic E-state index is -3.46. The number of ketones is 1. The monoisotopic (exact) mass is 250 g/mol. The van der Waals surface area contributed by atoms with Gasteiger partial charge in [0, 0.05) is 6.26 Å². The van der Waals surface area contributed by atoms with E-state index >= 15 is 0 Å². The zero-order valence-electron chi connectivity index (χ0n) is 7.83. The molecule has 0 aliphatic carbocycles. The Hall–Kier alpha value is -0.940. The summed E-state index contributed by atoms with van der Waals surface area (Å²) in [7, 11) is -3.46. The average Bonchev–Trinajstić information content (AvgIpc) is 2.06. The molecule has 0 saturated carbocycles. The lowest BCUT2D eigenvalue weighted by Crippen LogP contribution is -2.15. The van der Waals surface area contributed by atoms with E-state index in [4.69, 9.17) is 11.6 Å². The second-order valence-electron chi connectivity index (χ2n) is 3.09. The van der Waals surface area contributed by atoms with E-state index in [1.807, 2.05) is 0 Å². The molecule has 0 N–H and O–H groups in total. The molecule has 82 valence electrons. The van der Waals surface area contributed by atoms with Crippen LogP contribution in [0.2, 0.25) is 5.02 Å². The lowest BCUT2D eigenvalue weighted by molar-refractivity contribution is 0.101. The summed E-state index contributed by atoms with van der Waals surface area (Å²) in [5, 5.41) is -0.200. The van der Waals surface area contributed by atoms with E-state index < -0.39 is 27.2 Å². The van der Waals surface area contributed by atoms with Crippen molar-refractivity contribution in [1.29, 1.82) is 0 Å². The van der Waals surface area contributed by atoms with Crippen LogP contribution >= 0.6 is 11.6 Å². The predicted octanol–water partition coefficient (Wildman–Crippen LogP) is 1.71. The van der Waals surface area contributed by atoms with Crippen molar-refractivity contribution < 1.29 is 17.6 Å². The SMILES string of the molecule is CS(=O)(=O)CC(=O)c1cccc(Cl)c1F. The number of carbonyl (C=O) groups excluding carboxylic acids is 1. The number of halogens is 2. The molecule has 0 radical (unpaired) electrons. The molecule has 1 aromatic rings. The van der Waals surface area contributed by atoms with E-state index in [1.165, 1.54) is 18.2 Å². The number of carbonyl (C=O) groups is 1. The number of sulfone groups is 1. The molecular weight excluding hydrogens is 243 g/mol. The third-order valence-corrected chi connectivity index (χ3v) is 2.72. The van der Waals surface area contributed by atoms with Crippen molar-refractivity contribution in [3.8, 4) is 0 Å². The Morgan fingerprint density at radius 2 is 2.07 bits per heavy atom. The first-order valence-electron chi connectivity index (χ1n) is 3.96. The molecule has 0 spiro atoms. The van der Waals surface area contributed by atoms with Crippen molar-refractivity contribution >= 4 is 27.2 Å². The first kappa shape index (κ1) is 12.1. The first-order valence-corrected chi connectivity index (χ1v) is 6.40. The summed E-state index contributed by atoms with van der Waals surface area (Å²) in [6.07, 6.45) is 0.910. The molecule has 0 aliphatic heterocycles. The number of Topliss-reactive ketones (excluding diaryl/α,β-unsaturated/α-hetero) is 1. The van der Waals surface area contributed by atoms with E-state index in [-0.39, 0.29) is 10.6 Å². The molecule has 3 nitrogen and oxygen atoms in total. The fraction of sp³-hybridized carbons (Fsp3) is 0.222. The predicted molar refractivity (Wildman–Crippen MR) is 55.5 cm³/mol. The van der Waals surface area contributed by atoms with Gasteiger partial charge in [0.05, 0.1) is 10.6 Å². The highest BCUT2D eigenvalue weighted by Crippen LogP contribution is 2.18. The van der Waals surface area contributed by atoms with Crippen molar-refractivity contribution in [3.05, 3.63) is 34.6 Å². The van der Waals surface area contributed by atoms with Crippen LogP contribution in [-0.4, -0.2) is 26.2 Å². The highest BCUT2D eigenvalue weighted by molar-refractivity contribution is 7.91. The summed E-state index contributed by atoms with van der Waals surface area (Å²) in [5.41, 5.74) is -0.298. The average molecular weight is 251 g/mol. The molecule has 0 saturated heterocycles. The van der Waals surface area contributed by atoms with Crippen molar-refractivity contribution in [3.63, 3.8) is 0 Å². The largest absolute Gasteiger partial charge is 0.293 e. The fourth-order valence-corrected chi connectivity index (χ4v) is 1.84. The van der Waals surface area contributed by atoms with Crippen LogP contribution in [0.4, 0.5) is 4.39 Å². The van der Waals surface area contributed by atoms with Crippen LogP contribution in [0, 0.1) is 5.82 Å². The minimum absolute atomic E-state index is 0.200. The van der Waals surface area contributed by atoms with Crippen LogP contribution in [-0.2, 0) is 9.84 Å². The molecule has 0 bridgehead atoms. The van der Waals surface area contributed by atoms with Gasteiger partial charge in [-0.15, -0.1) is 0 Å². The molecule has 0 aliphatic rings. The van der Waals surface area contributed by atoms with Gasteiger partial charge >= 0.3 is 0 Å². The zero-order valence-corrected chi connectivity index (χ0v) is 9.40. The maximum atomic E-state index is 13.3. The molecule has 0 amide bonds. The normalized spacial score (nSPS) is 11.4. The summed E-state index contributed by atoms with van der Waals surface area (Å²) < 4.78 is 34.9. The van der Waals surface area contributed by atoms with Gasteiger partial charge in [0.25, 0.3) is 0 Å². The lowest BCUT2D eigenvalue weighted by atomic mass is 10.1. The summed E-state index contributed by atoms with van der Waals surface area (Å²) in [6.45, 7) is 0. The Morgan fingerprint density at radius 1 is 1.47 bits per heavy atom.